The van der Waals surface area contributed by atoms with E-state index in [0.717, 1.165) is 65.9 Å². The summed E-state index contributed by atoms with van der Waals surface area (Å²) in [5, 5.41) is 5.42. The number of piperidine rings is 1. The summed E-state index contributed by atoms with van der Waals surface area (Å²) in [4.78, 5) is 23.0. The van der Waals surface area contributed by atoms with Crippen LogP contribution in [-0.4, -0.2) is 38.0 Å². The molecule has 226 valence electrons. The summed E-state index contributed by atoms with van der Waals surface area (Å²) in [5.41, 5.74) is 5.60. The van der Waals surface area contributed by atoms with Gasteiger partial charge in [0.1, 0.15) is 5.69 Å². The second-order valence-corrected chi connectivity index (χ2v) is 13.1. The quantitative estimate of drug-likeness (QED) is 0.247. The van der Waals surface area contributed by atoms with Crippen molar-refractivity contribution >= 4 is 45.6 Å². The first-order valence-electron chi connectivity index (χ1n) is 16.1. The zero-order valence-electron chi connectivity index (χ0n) is 26.3. The Bertz CT molecular complexity index is 1740. The van der Waals surface area contributed by atoms with Gasteiger partial charge in [0.05, 0.1) is 11.6 Å². The molecule has 0 bridgehead atoms. The summed E-state index contributed by atoms with van der Waals surface area (Å²) >= 11 is 0. The summed E-state index contributed by atoms with van der Waals surface area (Å²) < 4.78 is 7.07. The van der Waals surface area contributed by atoms with Crippen molar-refractivity contribution in [2.45, 2.75) is 64.0 Å². The van der Waals surface area contributed by atoms with Crippen LogP contribution >= 0.6 is 0 Å². The summed E-state index contributed by atoms with van der Waals surface area (Å²) in [5.74, 6) is 0.911. The second kappa shape index (κ2) is 11.0. The molecular formula is C38H42N4O2. The van der Waals surface area contributed by atoms with Crippen molar-refractivity contribution in [3.8, 4) is 5.75 Å². The van der Waals surface area contributed by atoms with E-state index < -0.39 is 5.72 Å². The molecule has 3 heterocycles. The minimum absolute atomic E-state index is 0.00882. The maximum Gasteiger partial charge on any atom is 0.228 e. The van der Waals surface area contributed by atoms with E-state index in [1.165, 1.54) is 29.7 Å². The van der Waals surface area contributed by atoms with Crippen LogP contribution in [0.2, 0.25) is 0 Å². The van der Waals surface area contributed by atoms with Crippen LogP contribution in [0.3, 0.4) is 0 Å². The molecule has 6 heteroatoms. The zero-order valence-corrected chi connectivity index (χ0v) is 26.3. The molecule has 7 rings (SSSR count). The Morgan fingerprint density at radius 2 is 1.66 bits per heavy atom. The van der Waals surface area contributed by atoms with Crippen molar-refractivity contribution in [3.05, 3.63) is 90.0 Å². The number of unbranched alkanes of at least 4 members (excludes halogenated alkanes) is 1. The standard InChI is InChI=1S/C38H42N4O2/c1-5-6-11-26-16-18-28(19-17-26)40-36(43)27-20-22-42(23-21-27)33-24-34-35(30-13-8-7-12-29(30)33)39-25-38(44-34)37(2,3)31-14-9-10-15-32(31)41(38)4/h7-10,12-19,24-25,27H,5-6,11,20-23H2,1-4H3,(H,40,43). The number of benzene rings is 4. The Balaban J connectivity index is 1.12. The first-order valence-corrected chi connectivity index (χ1v) is 16.1. The number of nitrogens with zero attached hydrogens (tertiary/aromatic N) is 3. The predicted octanol–water partition coefficient (Wildman–Crippen LogP) is 8.26. The topological polar surface area (TPSA) is 57.2 Å². The van der Waals surface area contributed by atoms with Crippen LogP contribution in [0, 0.1) is 5.92 Å². The average Bonchev–Trinajstić information content (AvgIpc) is 3.21. The minimum Gasteiger partial charge on any atom is -0.459 e. The molecule has 1 unspecified atom stereocenters. The summed E-state index contributed by atoms with van der Waals surface area (Å²) in [6, 6.07) is 27.5. The van der Waals surface area contributed by atoms with Crippen molar-refractivity contribution in [1.29, 1.82) is 0 Å². The molecule has 0 saturated carbocycles. The fourth-order valence-electron chi connectivity index (χ4n) is 7.43. The van der Waals surface area contributed by atoms with Gasteiger partial charge < -0.3 is 19.9 Å². The SMILES string of the molecule is CCCCc1ccc(NC(=O)C2CCN(c3cc4c(c5ccccc35)N=CC3(O4)N(C)c4ccccc4C3(C)C)CC2)cc1. The van der Waals surface area contributed by atoms with E-state index >= 15 is 0 Å². The Labute approximate surface area is 260 Å². The Kier molecular flexibility index (Phi) is 7.11. The zero-order chi connectivity index (χ0) is 30.5. The predicted molar refractivity (Wildman–Crippen MR) is 182 cm³/mol. The number of hydrogen-bond acceptors (Lipinski definition) is 5. The molecule has 1 amide bonds. The molecule has 0 aliphatic carbocycles. The van der Waals surface area contributed by atoms with Gasteiger partial charge in [0.2, 0.25) is 11.6 Å². The third-order valence-corrected chi connectivity index (χ3v) is 10.2. The lowest BCUT2D eigenvalue weighted by atomic mass is 9.77. The number of hydrogen-bond donors (Lipinski definition) is 1. The van der Waals surface area contributed by atoms with Gasteiger partial charge >= 0.3 is 0 Å². The third-order valence-electron chi connectivity index (χ3n) is 10.2. The highest BCUT2D eigenvalue weighted by Crippen LogP contribution is 2.55. The fraction of sp³-hybridized carbons (Fsp3) is 0.368. The molecule has 0 radical (unpaired) electrons. The normalized spacial score (nSPS) is 20.5. The van der Waals surface area contributed by atoms with Crippen molar-refractivity contribution in [2.75, 3.05) is 35.3 Å². The van der Waals surface area contributed by atoms with Gasteiger partial charge in [0, 0.05) is 60.0 Å². The van der Waals surface area contributed by atoms with Gasteiger partial charge in [-0.15, -0.1) is 0 Å². The Morgan fingerprint density at radius 1 is 0.955 bits per heavy atom. The van der Waals surface area contributed by atoms with Crippen LogP contribution in [0.1, 0.15) is 57.6 Å². The number of rotatable bonds is 6. The number of carbonyl (C=O) groups is 1. The van der Waals surface area contributed by atoms with E-state index in [1.807, 2.05) is 18.3 Å². The first-order chi connectivity index (χ1) is 21.3. The molecule has 6 nitrogen and oxygen atoms in total. The van der Waals surface area contributed by atoms with Crippen LogP contribution in [0.15, 0.2) is 83.9 Å². The molecule has 1 fully saturated rings. The van der Waals surface area contributed by atoms with Gasteiger partial charge in [-0.3, -0.25) is 9.79 Å². The summed E-state index contributed by atoms with van der Waals surface area (Å²) in [6.45, 7) is 8.31. The average molecular weight is 587 g/mol. The van der Waals surface area contributed by atoms with E-state index in [2.05, 4.69) is 110 Å². The van der Waals surface area contributed by atoms with E-state index in [0.29, 0.717) is 0 Å². The van der Waals surface area contributed by atoms with Crippen LogP contribution in [-0.2, 0) is 16.6 Å². The van der Waals surface area contributed by atoms with Crippen LogP contribution in [0.5, 0.6) is 5.75 Å². The van der Waals surface area contributed by atoms with Gasteiger partial charge in [0.15, 0.2) is 5.75 Å². The number of aliphatic imine (C=N–C) groups is 1. The molecule has 0 aromatic heterocycles. The Morgan fingerprint density at radius 3 is 2.39 bits per heavy atom. The maximum absolute atomic E-state index is 13.2. The van der Waals surface area contributed by atoms with E-state index in [4.69, 9.17) is 9.73 Å². The number of amides is 1. The van der Waals surface area contributed by atoms with E-state index in [1.54, 1.807) is 0 Å². The van der Waals surface area contributed by atoms with Gasteiger partial charge in [-0.2, -0.15) is 0 Å². The van der Waals surface area contributed by atoms with Gasteiger partial charge in [0.25, 0.3) is 0 Å². The van der Waals surface area contributed by atoms with Crippen molar-refractivity contribution in [1.82, 2.24) is 0 Å². The maximum atomic E-state index is 13.2. The molecule has 1 atom stereocenters. The van der Waals surface area contributed by atoms with Crippen LogP contribution < -0.4 is 19.9 Å². The van der Waals surface area contributed by atoms with Crippen molar-refractivity contribution < 1.29 is 9.53 Å². The molecule has 1 spiro atoms. The van der Waals surface area contributed by atoms with E-state index in [9.17, 15) is 4.79 Å². The fourth-order valence-corrected chi connectivity index (χ4v) is 7.43. The van der Waals surface area contributed by atoms with Crippen LogP contribution in [0.4, 0.5) is 22.7 Å². The van der Waals surface area contributed by atoms with Gasteiger partial charge in [-0.25, -0.2) is 0 Å². The van der Waals surface area contributed by atoms with Crippen molar-refractivity contribution in [2.24, 2.45) is 10.9 Å². The van der Waals surface area contributed by atoms with Crippen LogP contribution in [0.25, 0.3) is 10.8 Å². The van der Waals surface area contributed by atoms with Gasteiger partial charge in [-0.1, -0.05) is 67.9 Å². The number of nitrogens with one attached hydrogen (secondary N) is 1. The lowest BCUT2D eigenvalue weighted by Crippen LogP contribution is -2.61. The molecule has 3 aliphatic heterocycles. The molecule has 44 heavy (non-hydrogen) atoms. The number of anilines is 3. The second-order valence-electron chi connectivity index (χ2n) is 13.1. The smallest absolute Gasteiger partial charge is 0.228 e. The molecule has 1 N–H and O–H groups in total. The number of fused-ring (bicyclic) bond motifs is 4. The first kappa shape index (κ1) is 28.5. The minimum atomic E-state index is -0.733. The molecule has 4 aromatic rings. The molecule has 4 aromatic carbocycles. The number of ether oxygens (including phenoxy) is 1. The number of likely N-dealkylation sites (N-methyl/N-ethyl adjacent to an activating group) is 1. The van der Waals surface area contributed by atoms with E-state index in [-0.39, 0.29) is 17.2 Å². The lowest BCUT2D eigenvalue weighted by Gasteiger charge is -2.45. The molecular weight excluding hydrogens is 544 g/mol. The molecule has 1 saturated heterocycles. The Hall–Kier alpha value is -4.32. The van der Waals surface area contributed by atoms with Gasteiger partial charge in [-0.05, 0) is 68.9 Å². The number of carbonyl (C=O) groups excluding carboxylic acids is 1. The highest BCUT2D eigenvalue weighted by atomic mass is 16.5. The largest absolute Gasteiger partial charge is 0.459 e. The lowest BCUT2D eigenvalue weighted by molar-refractivity contribution is -0.120. The third kappa shape index (κ3) is 4.54. The molecule has 3 aliphatic rings. The monoisotopic (exact) mass is 586 g/mol. The van der Waals surface area contributed by atoms with Crippen molar-refractivity contribution in [3.63, 3.8) is 0 Å². The highest BCUT2D eigenvalue weighted by molar-refractivity contribution is 6.06. The number of aryl methyl sites for hydroxylation is 1. The summed E-state index contributed by atoms with van der Waals surface area (Å²) in [7, 11) is 2.10. The highest BCUT2D eigenvalue weighted by Gasteiger charge is 2.58. The summed E-state index contributed by atoms with van der Waals surface area (Å²) in [6.07, 6.45) is 7.07. The number of para-hydroxylation sites is 1.